The van der Waals surface area contributed by atoms with Gasteiger partial charge in [-0.3, -0.25) is 4.79 Å². The van der Waals surface area contributed by atoms with Crippen LogP contribution in [0, 0.1) is 5.82 Å². The lowest BCUT2D eigenvalue weighted by atomic mass is 10.0. The van der Waals surface area contributed by atoms with Crippen molar-refractivity contribution in [2.45, 2.75) is 18.6 Å². The molecule has 0 radical (unpaired) electrons. The van der Waals surface area contributed by atoms with Crippen molar-refractivity contribution in [2.24, 2.45) is 0 Å². The van der Waals surface area contributed by atoms with Gasteiger partial charge in [0.1, 0.15) is 11.6 Å². The first-order chi connectivity index (χ1) is 14.6. The van der Waals surface area contributed by atoms with E-state index in [9.17, 15) is 27.2 Å². The summed E-state index contributed by atoms with van der Waals surface area (Å²) in [7, 11) is 1.01. The first kappa shape index (κ1) is 22.2. The number of ether oxygens (including phenoxy) is 2. The summed E-state index contributed by atoms with van der Waals surface area (Å²) in [5.74, 6) is -6.24. The highest BCUT2D eigenvalue weighted by Crippen LogP contribution is 2.35. The molecule has 2 aromatic rings. The summed E-state index contributed by atoms with van der Waals surface area (Å²) in [6.45, 7) is 1.52. The van der Waals surface area contributed by atoms with Crippen molar-refractivity contribution in [1.29, 1.82) is 0 Å². The van der Waals surface area contributed by atoms with Crippen LogP contribution in [0.25, 0.3) is 0 Å². The number of aromatic nitrogens is 2. The predicted octanol–water partition coefficient (Wildman–Crippen LogP) is 1.68. The molecule has 0 spiro atoms. The number of benzene rings is 1. The summed E-state index contributed by atoms with van der Waals surface area (Å²) in [6.07, 6.45) is -3.40. The molecule has 2 heterocycles. The Labute approximate surface area is 172 Å². The number of hydrogen-bond acceptors (Lipinski definition) is 9. The number of carbonyl (C=O) groups is 2. The van der Waals surface area contributed by atoms with E-state index in [4.69, 9.17) is 10.5 Å². The molecule has 1 aliphatic heterocycles. The van der Waals surface area contributed by atoms with Crippen molar-refractivity contribution < 1.29 is 36.6 Å². The van der Waals surface area contributed by atoms with Crippen LogP contribution in [0.1, 0.15) is 22.3 Å². The molecule has 166 valence electrons. The topological polar surface area (TPSA) is 128 Å². The highest BCUT2D eigenvalue weighted by atomic mass is 19.4. The first-order valence-electron chi connectivity index (χ1n) is 8.91. The molecule has 1 atom stereocenters. The van der Waals surface area contributed by atoms with E-state index in [1.54, 1.807) is 0 Å². The first-order valence-corrected chi connectivity index (χ1v) is 8.91. The van der Waals surface area contributed by atoms with Crippen LogP contribution in [0.5, 0.6) is 11.5 Å². The number of halogens is 4. The average molecular weight is 443 g/mol. The van der Waals surface area contributed by atoms with E-state index in [1.807, 2.05) is 0 Å². The second kappa shape index (κ2) is 8.71. The summed E-state index contributed by atoms with van der Waals surface area (Å²) in [4.78, 5) is 32.0. The number of alkyl halides is 3. The highest BCUT2D eigenvalue weighted by molar-refractivity contribution is 6.13. The van der Waals surface area contributed by atoms with Crippen LogP contribution in [0.4, 0.5) is 29.3 Å². The molecule has 1 saturated heterocycles. The number of nitrogens with one attached hydrogen (secondary N) is 2. The zero-order valence-electron chi connectivity index (χ0n) is 16.0. The number of rotatable bonds is 6. The molecule has 4 N–H and O–H groups in total. The van der Waals surface area contributed by atoms with E-state index in [1.165, 1.54) is 0 Å². The van der Waals surface area contributed by atoms with Crippen LogP contribution in [-0.2, 0) is 4.79 Å². The van der Waals surface area contributed by atoms with Crippen LogP contribution < -0.4 is 25.8 Å². The van der Waals surface area contributed by atoms with Gasteiger partial charge >= 0.3 is 12.1 Å². The van der Waals surface area contributed by atoms with Crippen LogP contribution in [0.15, 0.2) is 18.3 Å². The number of anilines is 2. The van der Waals surface area contributed by atoms with Crippen molar-refractivity contribution >= 4 is 23.5 Å². The van der Waals surface area contributed by atoms with Gasteiger partial charge in [-0.25, -0.2) is 14.2 Å². The zero-order chi connectivity index (χ0) is 22.8. The Hall–Kier alpha value is -3.48. The fourth-order valence-electron chi connectivity index (χ4n) is 2.93. The SMILES string of the molecule is COc1c(OC(=O)C(F)(F)F)cc(F)cc1C(=O)c1cnc(N[C@@H]2CCNC2)nc1N. The fraction of sp³-hybridized carbons (Fsp3) is 0.333. The molecule has 1 aromatic heterocycles. The lowest BCUT2D eigenvalue weighted by Crippen LogP contribution is -2.28. The third-order valence-corrected chi connectivity index (χ3v) is 4.36. The largest absolute Gasteiger partial charge is 0.492 e. The molecule has 1 fully saturated rings. The molecular weight excluding hydrogens is 426 g/mol. The number of nitrogens with zero attached hydrogens (tertiary/aromatic N) is 2. The maximum absolute atomic E-state index is 14.0. The van der Waals surface area contributed by atoms with E-state index in [2.05, 4.69) is 25.3 Å². The summed E-state index contributed by atoms with van der Waals surface area (Å²) >= 11 is 0. The molecule has 13 heteroatoms. The van der Waals surface area contributed by atoms with Crippen LogP contribution in [0.3, 0.4) is 0 Å². The third-order valence-electron chi connectivity index (χ3n) is 4.36. The number of nitrogen functional groups attached to an aromatic ring is 1. The molecule has 3 rings (SSSR count). The Morgan fingerprint density at radius 3 is 2.61 bits per heavy atom. The number of hydrogen-bond donors (Lipinski definition) is 3. The van der Waals surface area contributed by atoms with E-state index in [0.717, 1.165) is 26.3 Å². The molecule has 0 saturated carbocycles. The Kier molecular flexibility index (Phi) is 6.24. The second-order valence-corrected chi connectivity index (χ2v) is 6.53. The monoisotopic (exact) mass is 443 g/mol. The normalized spacial score (nSPS) is 16.1. The van der Waals surface area contributed by atoms with Crippen LogP contribution >= 0.6 is 0 Å². The number of esters is 1. The van der Waals surface area contributed by atoms with E-state index < -0.39 is 40.8 Å². The minimum atomic E-state index is -5.34. The van der Waals surface area contributed by atoms with Crippen molar-refractivity contribution in [3.63, 3.8) is 0 Å². The molecule has 31 heavy (non-hydrogen) atoms. The molecule has 0 aliphatic carbocycles. The van der Waals surface area contributed by atoms with Crippen molar-refractivity contribution in [2.75, 3.05) is 31.2 Å². The molecule has 1 aliphatic rings. The van der Waals surface area contributed by atoms with E-state index >= 15 is 0 Å². The van der Waals surface area contributed by atoms with Gasteiger partial charge in [-0.2, -0.15) is 18.2 Å². The van der Waals surface area contributed by atoms with Gasteiger partial charge in [-0.15, -0.1) is 0 Å². The second-order valence-electron chi connectivity index (χ2n) is 6.53. The molecule has 0 unspecified atom stereocenters. The molecule has 1 aromatic carbocycles. The molecular formula is C18H17F4N5O4. The Bertz CT molecular complexity index is 1010. The Morgan fingerprint density at radius 2 is 2.03 bits per heavy atom. The number of methoxy groups -OCH3 is 1. The third kappa shape index (κ3) is 4.99. The zero-order valence-corrected chi connectivity index (χ0v) is 16.0. The van der Waals surface area contributed by atoms with Gasteiger partial charge < -0.3 is 25.8 Å². The molecule has 0 amide bonds. The summed E-state index contributed by atoms with van der Waals surface area (Å²) < 4.78 is 60.6. The maximum Gasteiger partial charge on any atom is 0.491 e. The quantitative estimate of drug-likeness (QED) is 0.264. The lowest BCUT2D eigenvalue weighted by molar-refractivity contribution is -0.189. The average Bonchev–Trinajstić information content (AvgIpc) is 3.19. The highest BCUT2D eigenvalue weighted by Gasteiger charge is 2.42. The van der Waals surface area contributed by atoms with Gasteiger partial charge in [0.05, 0.1) is 18.2 Å². The molecule has 9 nitrogen and oxygen atoms in total. The Morgan fingerprint density at radius 1 is 1.29 bits per heavy atom. The number of nitrogens with two attached hydrogens (primary N) is 1. The fourth-order valence-corrected chi connectivity index (χ4v) is 2.93. The van der Waals surface area contributed by atoms with Crippen LogP contribution in [0.2, 0.25) is 0 Å². The van der Waals surface area contributed by atoms with Gasteiger partial charge in [-0.1, -0.05) is 0 Å². The van der Waals surface area contributed by atoms with Crippen molar-refractivity contribution in [1.82, 2.24) is 15.3 Å². The van der Waals surface area contributed by atoms with Gasteiger partial charge in [0.15, 0.2) is 11.5 Å². The van der Waals surface area contributed by atoms with Crippen molar-refractivity contribution in [3.8, 4) is 11.5 Å². The summed E-state index contributed by atoms with van der Waals surface area (Å²) in [5, 5.41) is 6.18. The standard InChI is InChI=1S/C18H17F4N5O4/c1-30-14-10(4-8(19)5-12(14)31-16(29)18(20,21)22)13(28)11-7-25-17(27-15(11)23)26-9-2-3-24-6-9/h4-5,7,9,24H,2-3,6H2,1H3,(H3,23,25,26,27)/t9-/m1/s1. The van der Waals surface area contributed by atoms with Crippen molar-refractivity contribution in [3.05, 3.63) is 35.3 Å². The molecule has 0 bridgehead atoms. The number of ketones is 1. The smallest absolute Gasteiger partial charge is 0.491 e. The predicted molar refractivity (Wildman–Crippen MR) is 99.4 cm³/mol. The van der Waals surface area contributed by atoms with Gasteiger partial charge in [0, 0.05) is 24.8 Å². The summed E-state index contributed by atoms with van der Waals surface area (Å²) in [6, 6.07) is 1.28. The van der Waals surface area contributed by atoms with E-state index in [-0.39, 0.29) is 23.4 Å². The number of carbonyl (C=O) groups excluding carboxylic acids is 2. The van der Waals surface area contributed by atoms with Crippen LogP contribution in [-0.4, -0.2) is 54.1 Å². The van der Waals surface area contributed by atoms with Gasteiger partial charge in [0.25, 0.3) is 0 Å². The van der Waals surface area contributed by atoms with Gasteiger partial charge in [-0.05, 0) is 19.0 Å². The maximum atomic E-state index is 14.0. The van der Waals surface area contributed by atoms with E-state index in [0.29, 0.717) is 18.7 Å². The van der Waals surface area contributed by atoms with Gasteiger partial charge in [0.2, 0.25) is 11.7 Å². The lowest BCUT2D eigenvalue weighted by Gasteiger charge is -2.15. The summed E-state index contributed by atoms with van der Waals surface area (Å²) in [5.41, 5.74) is 5.08. The Balaban J connectivity index is 1.92. The minimum absolute atomic E-state index is 0.0788. The minimum Gasteiger partial charge on any atom is -0.492 e.